The number of methoxy groups -OCH3 is 1. The molecular formula is C19H32Na2O14. The zero-order valence-electron chi connectivity index (χ0n) is 19.5. The fourth-order valence-electron chi connectivity index (χ4n) is 3.45. The van der Waals surface area contributed by atoms with E-state index in [1.54, 1.807) is 6.92 Å². The van der Waals surface area contributed by atoms with Crippen molar-refractivity contribution in [2.75, 3.05) is 33.5 Å². The third-order valence-electron chi connectivity index (χ3n) is 5.23. The third kappa shape index (κ3) is 10.7. The Kier molecular flexibility index (Phi) is 19.3. The van der Waals surface area contributed by atoms with Crippen molar-refractivity contribution < 1.29 is 128 Å². The number of rotatable bonds is 11. The number of carbonyl (C=O) groups is 2. The molecule has 0 aromatic rings. The van der Waals surface area contributed by atoms with Crippen molar-refractivity contribution in [1.82, 2.24) is 0 Å². The maximum atomic E-state index is 10.6. The topological polar surface area (TPSA) is 217 Å². The SMILES string of the molecule is C.COC1OC(COCC(=O)[O-])C(OC2OC(COCC(=O)[O-])C(C)C(O)C2O)C(O)C1O.[Na+].[Na+]. The van der Waals surface area contributed by atoms with Crippen LogP contribution in [0.5, 0.6) is 0 Å². The summed E-state index contributed by atoms with van der Waals surface area (Å²) in [6, 6.07) is 0. The van der Waals surface area contributed by atoms with Gasteiger partial charge in [0.05, 0.1) is 50.6 Å². The second-order valence-electron chi connectivity index (χ2n) is 7.52. The molecule has 0 amide bonds. The van der Waals surface area contributed by atoms with Gasteiger partial charge in [-0.1, -0.05) is 14.4 Å². The quantitative estimate of drug-likeness (QED) is 0.183. The minimum Gasteiger partial charge on any atom is -0.548 e. The Labute approximate surface area is 247 Å². The Morgan fingerprint density at radius 1 is 0.800 bits per heavy atom. The van der Waals surface area contributed by atoms with Gasteiger partial charge in [0.1, 0.15) is 30.5 Å². The fourth-order valence-corrected chi connectivity index (χ4v) is 3.45. The molecule has 10 unspecified atom stereocenters. The summed E-state index contributed by atoms with van der Waals surface area (Å²) in [5.74, 6) is -3.63. The molecular weight excluding hydrogens is 498 g/mol. The monoisotopic (exact) mass is 530 g/mol. The van der Waals surface area contributed by atoms with Crippen LogP contribution in [0.3, 0.4) is 0 Å². The van der Waals surface area contributed by atoms with Crippen molar-refractivity contribution in [3.8, 4) is 0 Å². The molecule has 2 heterocycles. The zero-order chi connectivity index (χ0) is 24.0. The minimum absolute atomic E-state index is 0. The first-order chi connectivity index (χ1) is 15.1. The summed E-state index contributed by atoms with van der Waals surface area (Å²) < 4.78 is 31.5. The molecule has 2 rings (SSSR count). The number of aliphatic hydroxyl groups excluding tert-OH is 4. The Morgan fingerprint density at radius 3 is 1.74 bits per heavy atom. The van der Waals surface area contributed by atoms with Crippen LogP contribution in [0.2, 0.25) is 0 Å². The zero-order valence-corrected chi connectivity index (χ0v) is 23.5. The van der Waals surface area contributed by atoms with E-state index in [0.29, 0.717) is 0 Å². The summed E-state index contributed by atoms with van der Waals surface area (Å²) in [7, 11) is 1.21. The van der Waals surface area contributed by atoms with Gasteiger partial charge in [0.15, 0.2) is 12.6 Å². The van der Waals surface area contributed by atoms with Crippen molar-refractivity contribution in [3.63, 3.8) is 0 Å². The van der Waals surface area contributed by atoms with E-state index in [4.69, 9.17) is 28.4 Å². The molecule has 2 aliphatic rings. The van der Waals surface area contributed by atoms with Crippen molar-refractivity contribution in [2.45, 2.75) is 69.7 Å². The summed E-state index contributed by atoms with van der Waals surface area (Å²) in [6.07, 6.45) is -12.5. The van der Waals surface area contributed by atoms with Crippen LogP contribution >= 0.6 is 0 Å². The van der Waals surface area contributed by atoms with E-state index in [0.717, 1.165) is 0 Å². The number of hydrogen-bond acceptors (Lipinski definition) is 14. The van der Waals surface area contributed by atoms with Crippen LogP contribution in [-0.4, -0.2) is 121 Å². The summed E-state index contributed by atoms with van der Waals surface area (Å²) in [5.41, 5.74) is 0. The van der Waals surface area contributed by atoms with Gasteiger partial charge in [0.25, 0.3) is 0 Å². The van der Waals surface area contributed by atoms with E-state index in [2.05, 4.69) is 0 Å². The summed E-state index contributed by atoms with van der Waals surface area (Å²) in [5, 5.41) is 62.5. The molecule has 14 nitrogen and oxygen atoms in total. The molecule has 0 aliphatic carbocycles. The Balaban J connectivity index is 0. The molecule has 2 aliphatic heterocycles. The van der Waals surface area contributed by atoms with E-state index in [1.165, 1.54) is 7.11 Å². The number of aliphatic hydroxyl groups is 4. The average Bonchev–Trinajstić information content (AvgIpc) is 2.73. The molecule has 16 heteroatoms. The van der Waals surface area contributed by atoms with E-state index >= 15 is 0 Å². The molecule has 35 heavy (non-hydrogen) atoms. The summed E-state index contributed by atoms with van der Waals surface area (Å²) >= 11 is 0. The van der Waals surface area contributed by atoms with Crippen molar-refractivity contribution in [3.05, 3.63) is 0 Å². The van der Waals surface area contributed by atoms with Gasteiger partial charge in [-0.2, -0.15) is 0 Å². The Bertz CT molecular complexity index is 628. The van der Waals surface area contributed by atoms with Crippen LogP contribution in [0.15, 0.2) is 0 Å². The molecule has 2 saturated heterocycles. The van der Waals surface area contributed by atoms with Gasteiger partial charge in [0.2, 0.25) is 0 Å². The second-order valence-corrected chi connectivity index (χ2v) is 7.52. The summed E-state index contributed by atoms with van der Waals surface area (Å²) in [6.45, 7) is -0.635. The van der Waals surface area contributed by atoms with Gasteiger partial charge >= 0.3 is 59.1 Å². The van der Waals surface area contributed by atoms with Crippen LogP contribution < -0.4 is 69.3 Å². The number of carboxylic acids is 2. The maximum absolute atomic E-state index is 10.6. The van der Waals surface area contributed by atoms with Gasteiger partial charge in [-0.05, 0) is 0 Å². The van der Waals surface area contributed by atoms with Gasteiger partial charge < -0.3 is 68.6 Å². The first kappa shape index (κ1) is 37.7. The van der Waals surface area contributed by atoms with Crippen molar-refractivity contribution in [1.29, 1.82) is 0 Å². The van der Waals surface area contributed by atoms with Gasteiger partial charge in [-0.25, -0.2) is 0 Å². The van der Waals surface area contributed by atoms with Gasteiger partial charge in [-0.3, -0.25) is 0 Å². The van der Waals surface area contributed by atoms with E-state index in [-0.39, 0.29) is 73.1 Å². The number of carboxylic acid groups (broad SMARTS) is 2. The molecule has 0 aromatic heterocycles. The number of aliphatic carboxylic acids is 2. The summed E-state index contributed by atoms with van der Waals surface area (Å²) in [4.78, 5) is 21.1. The standard InChI is InChI=1S/C18H30O14.CH4.2Na/c1-7-8(3-28-5-10(19)20)30-18(14(25)12(7)23)32-16-9(4-29-6-11(21)22)31-17(27-2)15(26)13(16)24;;;/h7-9,12-18,23-26H,3-6H2,1-2H3,(H,19,20)(H,21,22);1H4;;/q;;2*+1/p-2. The van der Waals surface area contributed by atoms with E-state index in [9.17, 15) is 40.2 Å². The fraction of sp³-hybridized carbons (Fsp3) is 0.895. The van der Waals surface area contributed by atoms with Gasteiger partial charge in [-0.15, -0.1) is 0 Å². The number of carbonyl (C=O) groups excluding carboxylic acids is 2. The molecule has 4 N–H and O–H groups in total. The third-order valence-corrected chi connectivity index (χ3v) is 5.23. The first-order valence-electron chi connectivity index (χ1n) is 9.83. The molecule has 0 spiro atoms. The smallest absolute Gasteiger partial charge is 0.548 e. The van der Waals surface area contributed by atoms with Crippen LogP contribution in [-0.2, 0) is 38.0 Å². The number of ether oxygens (including phenoxy) is 6. The molecule has 194 valence electrons. The average molecular weight is 530 g/mol. The Hall–Kier alpha value is 0.540. The van der Waals surface area contributed by atoms with Gasteiger partial charge in [0, 0.05) is 13.0 Å². The van der Waals surface area contributed by atoms with Crippen LogP contribution in [0.4, 0.5) is 0 Å². The normalized spacial score (nSPS) is 36.7. The second kappa shape index (κ2) is 17.9. The molecule has 0 radical (unpaired) electrons. The van der Waals surface area contributed by atoms with Crippen molar-refractivity contribution >= 4 is 11.9 Å². The molecule has 10 atom stereocenters. The van der Waals surface area contributed by atoms with E-state index in [1.807, 2.05) is 0 Å². The van der Waals surface area contributed by atoms with Crippen LogP contribution in [0.25, 0.3) is 0 Å². The largest absolute Gasteiger partial charge is 1.00 e. The van der Waals surface area contributed by atoms with Crippen LogP contribution in [0.1, 0.15) is 14.4 Å². The Morgan fingerprint density at radius 2 is 1.26 bits per heavy atom. The molecule has 0 aromatic carbocycles. The molecule has 2 fully saturated rings. The maximum Gasteiger partial charge on any atom is 1.00 e. The molecule has 0 saturated carbocycles. The predicted octanol–water partition coefficient (Wildman–Crippen LogP) is -11.3. The minimum atomic E-state index is -1.63. The van der Waals surface area contributed by atoms with Crippen molar-refractivity contribution in [2.24, 2.45) is 5.92 Å². The van der Waals surface area contributed by atoms with Crippen LogP contribution in [0, 0.1) is 5.92 Å². The molecule has 0 bridgehead atoms. The van der Waals surface area contributed by atoms with E-state index < -0.39 is 93.0 Å². The first-order valence-corrected chi connectivity index (χ1v) is 9.83. The predicted molar refractivity (Wildman–Crippen MR) is 101 cm³/mol. The number of hydrogen-bond donors (Lipinski definition) is 4.